The lowest BCUT2D eigenvalue weighted by atomic mass is 10.1. The van der Waals surface area contributed by atoms with E-state index in [4.69, 9.17) is 4.74 Å². The summed E-state index contributed by atoms with van der Waals surface area (Å²) in [6.45, 7) is 7.62. The second-order valence-electron chi connectivity index (χ2n) is 6.48. The number of Topliss-reactive ketones (excluding diaryl/α,β-unsaturated/α-hetero) is 1. The number of carbonyl (C=O) groups is 4. The molecule has 3 N–H and O–H groups in total. The summed E-state index contributed by atoms with van der Waals surface area (Å²) in [5.41, 5.74) is 2.77. The van der Waals surface area contributed by atoms with Gasteiger partial charge in [0.25, 0.3) is 5.91 Å². The fourth-order valence-electron chi connectivity index (χ4n) is 2.84. The first kappa shape index (κ1) is 20.9. The molecule has 0 aliphatic carbocycles. The Hall–Kier alpha value is -3.42. The van der Waals surface area contributed by atoms with Gasteiger partial charge in [0.2, 0.25) is 5.91 Å². The van der Waals surface area contributed by atoms with Crippen molar-refractivity contribution in [2.75, 3.05) is 10.6 Å². The molecule has 2 rings (SSSR count). The van der Waals surface area contributed by atoms with Crippen molar-refractivity contribution in [3.05, 3.63) is 46.8 Å². The molecule has 0 aliphatic heterocycles. The maximum absolute atomic E-state index is 12.4. The third-order valence-corrected chi connectivity index (χ3v) is 4.12. The maximum atomic E-state index is 12.4. The summed E-state index contributed by atoms with van der Waals surface area (Å²) in [6, 6.07) is 6.52. The van der Waals surface area contributed by atoms with Crippen molar-refractivity contribution in [2.24, 2.45) is 0 Å². The van der Waals surface area contributed by atoms with Gasteiger partial charge in [-0.1, -0.05) is 0 Å². The molecule has 1 heterocycles. The van der Waals surface area contributed by atoms with E-state index in [1.807, 2.05) is 0 Å². The van der Waals surface area contributed by atoms with Crippen LogP contribution in [-0.4, -0.2) is 34.7 Å². The highest BCUT2D eigenvalue weighted by atomic mass is 16.5. The van der Waals surface area contributed by atoms with Crippen molar-refractivity contribution in [2.45, 2.75) is 40.7 Å². The van der Waals surface area contributed by atoms with Crippen LogP contribution in [0.4, 0.5) is 11.4 Å². The van der Waals surface area contributed by atoms with Crippen molar-refractivity contribution < 1.29 is 23.9 Å². The first-order valence-corrected chi connectivity index (χ1v) is 8.69. The fourth-order valence-corrected chi connectivity index (χ4v) is 2.84. The van der Waals surface area contributed by atoms with Gasteiger partial charge >= 0.3 is 5.97 Å². The average Bonchev–Trinajstić information content (AvgIpc) is 2.90. The summed E-state index contributed by atoms with van der Waals surface area (Å²) in [6.07, 6.45) is -1.05. The highest BCUT2D eigenvalue weighted by Crippen LogP contribution is 2.20. The average molecular weight is 385 g/mol. The van der Waals surface area contributed by atoms with E-state index in [0.717, 1.165) is 0 Å². The van der Waals surface area contributed by atoms with Crippen molar-refractivity contribution in [3.8, 4) is 0 Å². The quantitative estimate of drug-likeness (QED) is 0.522. The normalized spacial score (nSPS) is 11.5. The number of aryl methyl sites for hydroxylation is 1. The van der Waals surface area contributed by atoms with Crippen molar-refractivity contribution in [3.63, 3.8) is 0 Å². The van der Waals surface area contributed by atoms with Gasteiger partial charge in [-0.15, -0.1) is 0 Å². The second-order valence-corrected chi connectivity index (χ2v) is 6.48. The molecule has 148 valence electrons. The number of aromatic nitrogens is 1. The lowest BCUT2D eigenvalue weighted by Crippen LogP contribution is -2.30. The molecule has 0 saturated carbocycles. The Morgan fingerprint density at radius 1 is 0.964 bits per heavy atom. The second kappa shape index (κ2) is 8.51. The van der Waals surface area contributed by atoms with Crippen LogP contribution in [0.25, 0.3) is 0 Å². The van der Waals surface area contributed by atoms with Gasteiger partial charge in [0, 0.05) is 29.6 Å². The molecule has 1 aromatic heterocycles. The highest BCUT2D eigenvalue weighted by molar-refractivity contribution is 6.02. The van der Waals surface area contributed by atoms with Crippen LogP contribution in [0, 0.1) is 13.8 Å². The summed E-state index contributed by atoms with van der Waals surface area (Å²) in [5, 5.41) is 5.26. The molecule has 0 radical (unpaired) electrons. The monoisotopic (exact) mass is 385 g/mol. The molecule has 28 heavy (non-hydrogen) atoms. The largest absolute Gasteiger partial charge is 0.448 e. The molecule has 0 spiro atoms. The Labute approximate surface area is 162 Å². The molecule has 0 bridgehead atoms. The number of carbonyl (C=O) groups excluding carboxylic acids is 4. The number of rotatable bonds is 6. The molecule has 0 aliphatic rings. The van der Waals surface area contributed by atoms with E-state index < -0.39 is 18.0 Å². The van der Waals surface area contributed by atoms with Crippen molar-refractivity contribution in [1.29, 1.82) is 0 Å². The summed E-state index contributed by atoms with van der Waals surface area (Å²) in [7, 11) is 0. The fraction of sp³-hybridized carbons (Fsp3) is 0.300. The molecular formula is C20H23N3O5. The first-order chi connectivity index (χ1) is 13.1. The first-order valence-electron chi connectivity index (χ1n) is 8.69. The number of benzene rings is 1. The molecule has 1 unspecified atom stereocenters. The molecule has 1 atom stereocenters. The predicted octanol–water partition coefficient (Wildman–Crippen LogP) is 2.98. The Balaban J connectivity index is 2.02. The zero-order valence-electron chi connectivity index (χ0n) is 16.4. The Bertz CT molecular complexity index is 928. The smallest absolute Gasteiger partial charge is 0.355 e. The van der Waals surface area contributed by atoms with E-state index in [0.29, 0.717) is 28.2 Å². The number of anilines is 2. The minimum atomic E-state index is -1.05. The molecule has 2 aromatic rings. The number of ketones is 1. The van der Waals surface area contributed by atoms with Gasteiger partial charge in [0.05, 0.1) is 0 Å². The third-order valence-electron chi connectivity index (χ3n) is 4.12. The minimum Gasteiger partial charge on any atom is -0.448 e. The van der Waals surface area contributed by atoms with E-state index in [1.54, 1.807) is 38.1 Å². The van der Waals surface area contributed by atoms with Crippen LogP contribution in [-0.2, 0) is 14.3 Å². The number of nitrogens with one attached hydrogen (secondary N) is 3. The number of ether oxygens (including phenoxy) is 1. The molecule has 8 nitrogen and oxygen atoms in total. The third kappa shape index (κ3) is 4.85. The zero-order valence-corrected chi connectivity index (χ0v) is 16.4. The summed E-state index contributed by atoms with van der Waals surface area (Å²) in [5.74, 6) is -1.57. The van der Waals surface area contributed by atoms with Gasteiger partial charge in [-0.25, -0.2) is 4.79 Å². The Morgan fingerprint density at radius 2 is 1.50 bits per heavy atom. The van der Waals surface area contributed by atoms with Crippen molar-refractivity contribution >= 4 is 34.9 Å². The molecule has 1 aromatic carbocycles. The van der Waals surface area contributed by atoms with Crippen molar-refractivity contribution in [1.82, 2.24) is 4.98 Å². The van der Waals surface area contributed by atoms with Gasteiger partial charge in [-0.05, 0) is 57.5 Å². The Kier molecular flexibility index (Phi) is 6.35. The van der Waals surface area contributed by atoms with E-state index in [9.17, 15) is 19.2 Å². The minimum absolute atomic E-state index is 0.154. The van der Waals surface area contributed by atoms with Gasteiger partial charge < -0.3 is 20.4 Å². The topological polar surface area (TPSA) is 117 Å². The maximum Gasteiger partial charge on any atom is 0.355 e. The zero-order chi connectivity index (χ0) is 21.0. The Morgan fingerprint density at radius 3 is 1.96 bits per heavy atom. The predicted molar refractivity (Wildman–Crippen MR) is 105 cm³/mol. The van der Waals surface area contributed by atoms with E-state index in [2.05, 4.69) is 15.6 Å². The molecule has 0 fully saturated rings. The molecular weight excluding hydrogens is 362 g/mol. The van der Waals surface area contributed by atoms with Gasteiger partial charge in [-0.2, -0.15) is 0 Å². The molecule has 2 amide bonds. The van der Waals surface area contributed by atoms with Crippen LogP contribution in [0.5, 0.6) is 0 Å². The van der Waals surface area contributed by atoms with Crippen LogP contribution >= 0.6 is 0 Å². The molecule has 8 heteroatoms. The van der Waals surface area contributed by atoms with Crippen LogP contribution in [0.3, 0.4) is 0 Å². The number of esters is 1. The SMILES string of the molecule is CC(=O)Nc1ccc(NC(=O)C(C)OC(=O)c2[nH]c(C)c(C(C)=O)c2C)cc1. The van der Waals surface area contributed by atoms with Gasteiger partial charge in [0.15, 0.2) is 11.9 Å². The van der Waals surface area contributed by atoms with Crippen LogP contribution in [0.15, 0.2) is 24.3 Å². The van der Waals surface area contributed by atoms with Crippen LogP contribution in [0.2, 0.25) is 0 Å². The van der Waals surface area contributed by atoms with E-state index in [1.165, 1.54) is 20.8 Å². The number of H-pyrrole nitrogens is 1. The molecule has 0 saturated heterocycles. The summed E-state index contributed by atoms with van der Waals surface area (Å²) in [4.78, 5) is 50.2. The van der Waals surface area contributed by atoms with Gasteiger partial charge in [0.1, 0.15) is 5.69 Å². The lowest BCUT2D eigenvalue weighted by molar-refractivity contribution is -0.123. The standard InChI is InChI=1S/C20H23N3O5/c1-10-17(12(3)24)11(2)21-18(10)20(27)28-13(4)19(26)23-16-8-6-15(7-9-16)22-14(5)25/h6-9,13,21H,1-5H3,(H,22,25)(H,23,26). The number of hydrogen-bond donors (Lipinski definition) is 3. The van der Waals surface area contributed by atoms with E-state index >= 15 is 0 Å². The number of amides is 2. The van der Waals surface area contributed by atoms with Gasteiger partial charge in [-0.3, -0.25) is 14.4 Å². The highest BCUT2D eigenvalue weighted by Gasteiger charge is 2.24. The lowest BCUT2D eigenvalue weighted by Gasteiger charge is -2.14. The number of aromatic amines is 1. The van der Waals surface area contributed by atoms with Crippen LogP contribution in [0.1, 0.15) is 52.9 Å². The van der Waals surface area contributed by atoms with E-state index in [-0.39, 0.29) is 17.4 Å². The van der Waals surface area contributed by atoms with Crippen LogP contribution < -0.4 is 10.6 Å². The summed E-state index contributed by atoms with van der Waals surface area (Å²) < 4.78 is 5.23. The summed E-state index contributed by atoms with van der Waals surface area (Å²) >= 11 is 0. The number of hydrogen-bond acceptors (Lipinski definition) is 5.